The maximum atomic E-state index is 13.8. The second kappa shape index (κ2) is 14.0. The minimum absolute atomic E-state index is 0.136. The van der Waals surface area contributed by atoms with E-state index in [1.165, 1.54) is 0 Å². The minimum Gasteiger partial charge on any atom is -0.493 e. The molecule has 0 N–H and O–H groups in total. The summed E-state index contributed by atoms with van der Waals surface area (Å²) in [6.07, 6.45) is 2.26. The van der Waals surface area contributed by atoms with Crippen LogP contribution >= 0.6 is 15.2 Å². The van der Waals surface area contributed by atoms with Gasteiger partial charge in [0, 0.05) is 18.3 Å². The summed E-state index contributed by atoms with van der Waals surface area (Å²) in [6.45, 7) is 8.15. The van der Waals surface area contributed by atoms with Crippen LogP contribution in [0.5, 0.6) is 5.75 Å². The predicted octanol–water partition coefficient (Wildman–Crippen LogP) is 6.28. The molecule has 1 unspecified atom stereocenters. The van der Waals surface area contributed by atoms with E-state index in [4.69, 9.17) is 22.8 Å². The van der Waals surface area contributed by atoms with Crippen molar-refractivity contribution in [2.45, 2.75) is 39.8 Å². The molecule has 0 spiro atoms. The molecule has 8 nitrogen and oxygen atoms in total. The van der Waals surface area contributed by atoms with Crippen LogP contribution in [0.25, 0.3) is 0 Å². The van der Waals surface area contributed by atoms with Gasteiger partial charge in [-0.3, -0.25) is 14.1 Å². The zero-order valence-electron chi connectivity index (χ0n) is 19.8. The number of ether oxygens (including phenoxy) is 1. The summed E-state index contributed by atoms with van der Waals surface area (Å²) in [4.78, 5) is 4.30. The van der Waals surface area contributed by atoms with Crippen molar-refractivity contribution in [1.29, 1.82) is 0 Å². The SMILES string of the molecule is CCOP(=O)(CC(c1cccc(OCCc2ccccn2)c1)P(=O)(OCC)OCC)OCC. The molecule has 0 saturated heterocycles. The summed E-state index contributed by atoms with van der Waals surface area (Å²) in [5.74, 6) is 0.593. The van der Waals surface area contributed by atoms with E-state index in [0.29, 0.717) is 24.3 Å². The van der Waals surface area contributed by atoms with Gasteiger partial charge in [-0.15, -0.1) is 0 Å². The van der Waals surface area contributed by atoms with Gasteiger partial charge < -0.3 is 22.8 Å². The molecule has 0 aliphatic rings. The standard InChI is InChI=1S/C23H35NO7P2/c1-5-28-32(25,29-6-2)19-23(33(26,30-7-3)31-8-4)20-12-11-14-22(18-20)27-17-15-21-13-9-10-16-24-21/h9-14,16,18,23H,5-8,15,17,19H2,1-4H3. The van der Waals surface area contributed by atoms with Gasteiger partial charge in [0.1, 0.15) is 5.75 Å². The smallest absolute Gasteiger partial charge is 0.338 e. The van der Waals surface area contributed by atoms with Crippen LogP contribution in [0.3, 0.4) is 0 Å². The van der Waals surface area contributed by atoms with Crippen molar-refractivity contribution in [3.05, 3.63) is 59.9 Å². The average Bonchev–Trinajstić information content (AvgIpc) is 2.79. The topological polar surface area (TPSA) is 93.2 Å². The van der Waals surface area contributed by atoms with Gasteiger partial charge in [-0.05, 0) is 57.5 Å². The average molecular weight is 499 g/mol. The first-order chi connectivity index (χ1) is 15.9. The van der Waals surface area contributed by atoms with E-state index in [-0.39, 0.29) is 32.6 Å². The number of aromatic nitrogens is 1. The molecule has 1 atom stereocenters. The highest BCUT2D eigenvalue weighted by Gasteiger charge is 2.43. The van der Waals surface area contributed by atoms with Gasteiger partial charge in [0.2, 0.25) is 0 Å². The second-order valence-corrected chi connectivity index (χ2v) is 11.3. The lowest BCUT2D eigenvalue weighted by atomic mass is 10.1. The molecular weight excluding hydrogens is 464 g/mol. The van der Waals surface area contributed by atoms with E-state index in [0.717, 1.165) is 5.69 Å². The largest absolute Gasteiger partial charge is 0.493 e. The highest BCUT2D eigenvalue weighted by Crippen LogP contribution is 2.66. The van der Waals surface area contributed by atoms with E-state index in [2.05, 4.69) is 4.98 Å². The van der Waals surface area contributed by atoms with E-state index >= 15 is 0 Å². The molecular formula is C23H35NO7P2. The van der Waals surface area contributed by atoms with Gasteiger partial charge >= 0.3 is 15.2 Å². The Labute approximate surface area is 197 Å². The van der Waals surface area contributed by atoms with Crippen LogP contribution in [-0.4, -0.2) is 44.2 Å². The van der Waals surface area contributed by atoms with Gasteiger partial charge in [0.15, 0.2) is 0 Å². The normalized spacial score (nSPS) is 13.1. The molecule has 0 saturated carbocycles. The Balaban J connectivity index is 2.32. The number of hydrogen-bond acceptors (Lipinski definition) is 8. The van der Waals surface area contributed by atoms with Crippen molar-refractivity contribution in [2.75, 3.05) is 39.2 Å². The second-order valence-electron chi connectivity index (χ2n) is 7.01. The molecule has 10 heteroatoms. The van der Waals surface area contributed by atoms with E-state index in [1.54, 1.807) is 52.1 Å². The Morgan fingerprint density at radius 2 is 1.52 bits per heavy atom. The zero-order chi connectivity index (χ0) is 24.2. The van der Waals surface area contributed by atoms with Crippen LogP contribution in [-0.2, 0) is 33.6 Å². The van der Waals surface area contributed by atoms with Gasteiger partial charge in [-0.1, -0.05) is 18.2 Å². The van der Waals surface area contributed by atoms with Crippen LogP contribution in [0.1, 0.15) is 44.6 Å². The predicted molar refractivity (Wildman–Crippen MR) is 129 cm³/mol. The number of rotatable bonds is 16. The van der Waals surface area contributed by atoms with Crippen LogP contribution in [0.15, 0.2) is 48.7 Å². The summed E-state index contributed by atoms with van der Waals surface area (Å²) >= 11 is 0. The molecule has 2 rings (SSSR count). The summed E-state index contributed by atoms with van der Waals surface area (Å²) < 4.78 is 55.3. The van der Waals surface area contributed by atoms with Crippen molar-refractivity contribution in [3.63, 3.8) is 0 Å². The molecule has 0 fully saturated rings. The minimum atomic E-state index is -3.69. The zero-order valence-corrected chi connectivity index (χ0v) is 21.6. The number of hydrogen-bond donors (Lipinski definition) is 0. The molecule has 184 valence electrons. The monoisotopic (exact) mass is 499 g/mol. The fourth-order valence-corrected chi connectivity index (χ4v) is 8.13. The molecule has 0 aliphatic carbocycles. The highest BCUT2D eigenvalue weighted by molar-refractivity contribution is 7.58. The molecule has 1 aromatic carbocycles. The fourth-order valence-electron chi connectivity index (χ4n) is 3.34. The van der Waals surface area contributed by atoms with Crippen molar-refractivity contribution in [3.8, 4) is 5.75 Å². The van der Waals surface area contributed by atoms with Crippen molar-refractivity contribution >= 4 is 15.2 Å². The van der Waals surface area contributed by atoms with Crippen molar-refractivity contribution in [2.24, 2.45) is 0 Å². The van der Waals surface area contributed by atoms with Gasteiger partial charge in [-0.2, -0.15) is 0 Å². The van der Waals surface area contributed by atoms with Crippen LogP contribution in [0.4, 0.5) is 0 Å². The third kappa shape index (κ3) is 8.64. The molecule has 1 aromatic heterocycles. The molecule has 0 aliphatic heterocycles. The third-order valence-electron chi connectivity index (χ3n) is 4.64. The molecule has 1 heterocycles. The summed E-state index contributed by atoms with van der Waals surface area (Å²) in [5, 5.41) is 0. The Hall–Kier alpha value is -1.53. The van der Waals surface area contributed by atoms with Crippen molar-refractivity contribution < 1.29 is 32.0 Å². The molecule has 0 radical (unpaired) electrons. The van der Waals surface area contributed by atoms with E-state index in [1.807, 2.05) is 24.3 Å². The first-order valence-corrected chi connectivity index (χ1v) is 14.6. The lowest BCUT2D eigenvalue weighted by molar-refractivity contribution is 0.203. The maximum Gasteiger partial charge on any atom is 0.338 e. The summed E-state index contributed by atoms with van der Waals surface area (Å²) in [7, 11) is -7.23. The molecule has 0 bridgehead atoms. The lowest BCUT2D eigenvalue weighted by Crippen LogP contribution is -2.14. The van der Waals surface area contributed by atoms with Crippen molar-refractivity contribution in [1.82, 2.24) is 4.98 Å². The molecule has 2 aromatic rings. The van der Waals surface area contributed by atoms with Gasteiger partial charge in [0.05, 0.1) is 44.9 Å². The Morgan fingerprint density at radius 1 is 0.848 bits per heavy atom. The highest BCUT2D eigenvalue weighted by atomic mass is 31.2. The van der Waals surface area contributed by atoms with Gasteiger partial charge in [0.25, 0.3) is 0 Å². The first-order valence-electron chi connectivity index (χ1n) is 11.3. The van der Waals surface area contributed by atoms with E-state index in [9.17, 15) is 9.13 Å². The fraction of sp³-hybridized carbons (Fsp3) is 0.522. The van der Waals surface area contributed by atoms with Crippen LogP contribution in [0.2, 0.25) is 0 Å². The van der Waals surface area contributed by atoms with Gasteiger partial charge in [-0.25, -0.2) is 0 Å². The number of benzene rings is 1. The lowest BCUT2D eigenvalue weighted by Gasteiger charge is -2.29. The summed E-state index contributed by atoms with van der Waals surface area (Å²) in [5.41, 5.74) is 0.703. The Kier molecular flexibility index (Phi) is 11.8. The number of nitrogens with zero attached hydrogens (tertiary/aromatic N) is 1. The van der Waals surface area contributed by atoms with Crippen LogP contribution < -0.4 is 4.74 Å². The van der Waals surface area contributed by atoms with Crippen LogP contribution in [0, 0.1) is 0 Å². The molecule has 0 amide bonds. The number of pyridine rings is 1. The Bertz CT molecular complexity index is 906. The van der Waals surface area contributed by atoms with E-state index < -0.39 is 20.9 Å². The first kappa shape index (κ1) is 27.7. The molecule has 33 heavy (non-hydrogen) atoms. The third-order valence-corrected chi connectivity index (χ3v) is 9.53. The quantitative estimate of drug-likeness (QED) is 0.249. The Morgan fingerprint density at radius 3 is 2.09 bits per heavy atom. The maximum absolute atomic E-state index is 13.8. The summed E-state index contributed by atoms with van der Waals surface area (Å²) in [6, 6.07) is 12.9.